The zero-order chi connectivity index (χ0) is 9.84. The number of hydrogen-bond donors (Lipinski definition) is 3. The number of aromatic hydroxyl groups is 2. The van der Waals surface area contributed by atoms with Crippen molar-refractivity contribution in [1.29, 1.82) is 0 Å². The molecule has 0 aromatic heterocycles. The third-order valence-corrected chi connectivity index (χ3v) is 1.53. The average Bonchev–Trinajstić information content (AvgIpc) is 2.11. The van der Waals surface area contributed by atoms with Gasteiger partial charge in [-0.1, -0.05) is 0 Å². The number of rotatable bonds is 3. The van der Waals surface area contributed by atoms with E-state index in [2.05, 4.69) is 5.32 Å². The van der Waals surface area contributed by atoms with Crippen LogP contribution in [0.2, 0.25) is 0 Å². The Kier molecular flexibility index (Phi) is 2.59. The quantitative estimate of drug-likeness (QED) is 0.365. The van der Waals surface area contributed by atoms with Crippen LogP contribution in [-0.2, 0) is 4.79 Å². The highest BCUT2D eigenvalue weighted by molar-refractivity contribution is 5.78. The molecule has 13 heavy (non-hydrogen) atoms. The smallest absolute Gasteiger partial charge is 0.211 e. The fraction of sp³-hybridized carbons (Fsp3) is 0.125. The van der Waals surface area contributed by atoms with Crippen LogP contribution in [0.15, 0.2) is 12.1 Å². The summed E-state index contributed by atoms with van der Waals surface area (Å²) < 4.78 is 4.71. The second-order valence-electron chi connectivity index (χ2n) is 2.28. The fourth-order valence-corrected chi connectivity index (χ4v) is 0.942. The molecule has 5 nitrogen and oxygen atoms in total. The molecule has 5 heteroatoms. The molecule has 0 spiro atoms. The standard InChI is InChI=1S/C8H9NO4/c1-13-8-6(11)3-2-5(7(8)12)9-4-10/h2-4,11-12H,1H3,(H,9,10). The van der Waals surface area contributed by atoms with Crippen LogP contribution in [0.3, 0.4) is 0 Å². The summed E-state index contributed by atoms with van der Waals surface area (Å²) in [4.78, 5) is 10.1. The first-order valence-electron chi connectivity index (χ1n) is 3.49. The van der Waals surface area contributed by atoms with Crippen molar-refractivity contribution in [2.75, 3.05) is 12.4 Å². The Labute approximate surface area is 74.6 Å². The lowest BCUT2D eigenvalue weighted by Crippen LogP contribution is -1.95. The lowest BCUT2D eigenvalue weighted by atomic mass is 10.2. The van der Waals surface area contributed by atoms with E-state index in [1.807, 2.05) is 0 Å². The van der Waals surface area contributed by atoms with Gasteiger partial charge >= 0.3 is 0 Å². The van der Waals surface area contributed by atoms with Crippen LogP contribution in [0.5, 0.6) is 17.2 Å². The Morgan fingerprint density at radius 1 is 1.46 bits per heavy atom. The van der Waals surface area contributed by atoms with Crippen LogP contribution in [0.25, 0.3) is 0 Å². The van der Waals surface area contributed by atoms with E-state index in [4.69, 9.17) is 4.74 Å². The molecule has 3 N–H and O–H groups in total. The van der Waals surface area contributed by atoms with Gasteiger partial charge in [0, 0.05) is 0 Å². The first-order chi connectivity index (χ1) is 6.20. The van der Waals surface area contributed by atoms with Crippen LogP contribution in [0.1, 0.15) is 0 Å². The first kappa shape index (κ1) is 9.18. The minimum Gasteiger partial charge on any atom is -0.504 e. The Morgan fingerprint density at radius 3 is 2.69 bits per heavy atom. The molecule has 0 aliphatic carbocycles. The Morgan fingerprint density at radius 2 is 2.15 bits per heavy atom. The van der Waals surface area contributed by atoms with Crippen LogP contribution in [0.4, 0.5) is 5.69 Å². The van der Waals surface area contributed by atoms with E-state index in [1.54, 1.807) is 0 Å². The van der Waals surface area contributed by atoms with Crippen molar-refractivity contribution < 1.29 is 19.7 Å². The number of anilines is 1. The number of carbonyl (C=O) groups is 1. The van der Waals surface area contributed by atoms with Gasteiger partial charge in [0.15, 0.2) is 11.5 Å². The van der Waals surface area contributed by atoms with E-state index < -0.39 is 0 Å². The van der Waals surface area contributed by atoms with Gasteiger partial charge in [0.25, 0.3) is 0 Å². The van der Waals surface area contributed by atoms with Gasteiger partial charge in [-0.3, -0.25) is 4.79 Å². The third-order valence-electron chi connectivity index (χ3n) is 1.53. The molecule has 0 saturated heterocycles. The molecular weight excluding hydrogens is 174 g/mol. The molecule has 70 valence electrons. The molecule has 1 aromatic rings. The average molecular weight is 183 g/mol. The molecule has 0 aliphatic rings. The first-order valence-corrected chi connectivity index (χ1v) is 3.49. The molecule has 0 radical (unpaired) electrons. The van der Waals surface area contributed by atoms with Crippen LogP contribution in [-0.4, -0.2) is 23.7 Å². The van der Waals surface area contributed by atoms with Crippen molar-refractivity contribution >= 4 is 12.1 Å². The second kappa shape index (κ2) is 3.66. The maximum atomic E-state index is 10.1. The van der Waals surface area contributed by atoms with Gasteiger partial charge in [-0.15, -0.1) is 0 Å². The van der Waals surface area contributed by atoms with Crippen molar-refractivity contribution in [3.63, 3.8) is 0 Å². The molecule has 0 atom stereocenters. The number of amides is 1. The minimum absolute atomic E-state index is 0.0631. The number of nitrogens with one attached hydrogen (secondary N) is 1. The molecular formula is C8H9NO4. The number of methoxy groups -OCH3 is 1. The monoisotopic (exact) mass is 183 g/mol. The number of phenols is 2. The Balaban J connectivity index is 3.18. The SMILES string of the molecule is COc1c(O)ccc(NC=O)c1O. The lowest BCUT2D eigenvalue weighted by Gasteiger charge is -2.08. The minimum atomic E-state index is -0.297. The summed E-state index contributed by atoms with van der Waals surface area (Å²) in [5.74, 6) is -0.544. The van der Waals surface area contributed by atoms with Crippen molar-refractivity contribution in [3.05, 3.63) is 12.1 Å². The molecule has 0 unspecified atom stereocenters. The summed E-state index contributed by atoms with van der Waals surface area (Å²) >= 11 is 0. The highest BCUT2D eigenvalue weighted by atomic mass is 16.5. The van der Waals surface area contributed by atoms with E-state index in [1.165, 1.54) is 19.2 Å². The second-order valence-corrected chi connectivity index (χ2v) is 2.28. The largest absolute Gasteiger partial charge is 0.504 e. The molecule has 0 heterocycles. The summed E-state index contributed by atoms with van der Waals surface area (Å²) in [5, 5.41) is 20.8. The molecule has 0 saturated carbocycles. The lowest BCUT2D eigenvalue weighted by molar-refractivity contribution is -0.105. The predicted molar refractivity (Wildman–Crippen MR) is 46.0 cm³/mol. The molecule has 0 fully saturated rings. The zero-order valence-corrected chi connectivity index (χ0v) is 6.94. The highest BCUT2D eigenvalue weighted by Gasteiger charge is 2.11. The van der Waals surface area contributed by atoms with Crippen LogP contribution >= 0.6 is 0 Å². The van der Waals surface area contributed by atoms with Gasteiger partial charge in [-0.2, -0.15) is 0 Å². The predicted octanol–water partition coefficient (Wildman–Crippen LogP) is 0.675. The van der Waals surface area contributed by atoms with Gasteiger partial charge in [-0.05, 0) is 12.1 Å². The van der Waals surface area contributed by atoms with Crippen molar-refractivity contribution in [2.45, 2.75) is 0 Å². The summed E-state index contributed by atoms with van der Waals surface area (Å²) in [6.07, 6.45) is 0.422. The maximum absolute atomic E-state index is 10.1. The highest BCUT2D eigenvalue weighted by Crippen LogP contribution is 2.40. The van der Waals surface area contributed by atoms with Crippen molar-refractivity contribution in [1.82, 2.24) is 0 Å². The van der Waals surface area contributed by atoms with Crippen LogP contribution < -0.4 is 10.1 Å². The molecule has 0 bridgehead atoms. The van der Waals surface area contributed by atoms with Crippen LogP contribution in [0, 0.1) is 0 Å². The van der Waals surface area contributed by atoms with E-state index in [0.717, 1.165) is 0 Å². The normalized spacial score (nSPS) is 9.31. The molecule has 1 aromatic carbocycles. The number of phenolic OH excluding ortho intramolecular Hbond substituents is 2. The number of carbonyl (C=O) groups excluding carboxylic acids is 1. The van der Waals surface area contributed by atoms with Gasteiger partial charge in [0.2, 0.25) is 12.2 Å². The van der Waals surface area contributed by atoms with Gasteiger partial charge in [-0.25, -0.2) is 0 Å². The maximum Gasteiger partial charge on any atom is 0.211 e. The van der Waals surface area contributed by atoms with E-state index in [-0.39, 0.29) is 22.9 Å². The van der Waals surface area contributed by atoms with E-state index >= 15 is 0 Å². The zero-order valence-electron chi connectivity index (χ0n) is 6.94. The third kappa shape index (κ3) is 1.64. The van der Waals surface area contributed by atoms with E-state index in [9.17, 15) is 15.0 Å². The van der Waals surface area contributed by atoms with Crippen molar-refractivity contribution in [2.24, 2.45) is 0 Å². The van der Waals surface area contributed by atoms with Gasteiger partial charge in [0.05, 0.1) is 12.8 Å². The van der Waals surface area contributed by atoms with Crippen molar-refractivity contribution in [3.8, 4) is 17.2 Å². The van der Waals surface area contributed by atoms with E-state index in [0.29, 0.717) is 6.41 Å². The Hall–Kier alpha value is -1.91. The summed E-state index contributed by atoms with van der Waals surface area (Å²) in [6.45, 7) is 0. The molecule has 0 aliphatic heterocycles. The number of hydrogen-bond acceptors (Lipinski definition) is 4. The van der Waals surface area contributed by atoms with Gasteiger partial charge in [0.1, 0.15) is 0 Å². The summed E-state index contributed by atoms with van der Waals surface area (Å²) in [5.41, 5.74) is 0.185. The summed E-state index contributed by atoms with van der Waals surface area (Å²) in [6, 6.07) is 2.67. The van der Waals surface area contributed by atoms with Gasteiger partial charge < -0.3 is 20.3 Å². The molecule has 1 rings (SSSR count). The topological polar surface area (TPSA) is 78.8 Å². The number of ether oxygens (including phenoxy) is 1. The number of benzene rings is 1. The Bertz CT molecular complexity index is 324. The summed E-state index contributed by atoms with van der Waals surface area (Å²) in [7, 11) is 1.31. The molecule has 1 amide bonds. The fourth-order valence-electron chi connectivity index (χ4n) is 0.942.